The molecule has 2 rings (SSSR count). The summed E-state index contributed by atoms with van der Waals surface area (Å²) in [5.74, 6) is -1.04. The van der Waals surface area contributed by atoms with Gasteiger partial charge in [0.25, 0.3) is 5.69 Å². The molecule has 12 heteroatoms. The van der Waals surface area contributed by atoms with Crippen molar-refractivity contribution in [1.82, 2.24) is 10.2 Å². The number of non-ortho nitro benzene ring substituents is 1. The molecule has 0 spiro atoms. The molecule has 1 N–H and O–H groups in total. The van der Waals surface area contributed by atoms with Gasteiger partial charge in [-0.2, -0.15) is 0 Å². The normalized spacial score (nSPS) is 12.9. The van der Waals surface area contributed by atoms with Crippen LogP contribution in [0.3, 0.4) is 0 Å². The van der Waals surface area contributed by atoms with Crippen molar-refractivity contribution in [2.45, 2.75) is 45.8 Å². The quantitative estimate of drug-likeness (QED) is 0.354. The van der Waals surface area contributed by atoms with Gasteiger partial charge in [-0.1, -0.05) is 36.7 Å². The van der Waals surface area contributed by atoms with Crippen LogP contribution in [0.5, 0.6) is 0 Å². The molecule has 0 bridgehead atoms. The highest BCUT2D eigenvalue weighted by Crippen LogP contribution is 2.24. The van der Waals surface area contributed by atoms with Gasteiger partial charge in [0.1, 0.15) is 12.6 Å². The van der Waals surface area contributed by atoms with Gasteiger partial charge in [0.2, 0.25) is 21.8 Å². The molecule has 0 radical (unpaired) electrons. The first-order valence-corrected chi connectivity index (χ1v) is 13.1. The van der Waals surface area contributed by atoms with Gasteiger partial charge in [-0.25, -0.2) is 8.42 Å². The molecule has 0 unspecified atom stereocenters. The molecule has 2 amide bonds. The predicted octanol–water partition coefficient (Wildman–Crippen LogP) is 3.35. The minimum atomic E-state index is -3.99. The Hall–Kier alpha value is -3.18. The van der Waals surface area contributed by atoms with Crippen LogP contribution < -0.4 is 9.62 Å². The molecular weight excluding hydrogens is 496 g/mol. The van der Waals surface area contributed by atoms with E-state index >= 15 is 0 Å². The van der Waals surface area contributed by atoms with E-state index in [9.17, 15) is 28.1 Å². The summed E-state index contributed by atoms with van der Waals surface area (Å²) >= 11 is 5.95. The number of hydrogen-bond acceptors (Lipinski definition) is 6. The number of benzene rings is 2. The third-order valence-corrected chi connectivity index (χ3v) is 6.83. The monoisotopic (exact) mass is 524 g/mol. The van der Waals surface area contributed by atoms with Crippen LogP contribution in [0.2, 0.25) is 5.02 Å². The summed E-state index contributed by atoms with van der Waals surface area (Å²) in [5, 5.41) is 14.5. The van der Waals surface area contributed by atoms with Crippen LogP contribution in [-0.2, 0) is 26.2 Å². The van der Waals surface area contributed by atoms with E-state index in [-0.39, 0.29) is 29.9 Å². The number of anilines is 1. The van der Waals surface area contributed by atoms with E-state index in [0.717, 1.165) is 16.6 Å². The fourth-order valence-electron chi connectivity index (χ4n) is 3.21. The van der Waals surface area contributed by atoms with E-state index in [1.807, 2.05) is 13.8 Å². The number of carbonyl (C=O) groups is 2. The van der Waals surface area contributed by atoms with E-state index < -0.39 is 33.4 Å². The van der Waals surface area contributed by atoms with Gasteiger partial charge in [-0.15, -0.1) is 0 Å². The summed E-state index contributed by atoms with van der Waals surface area (Å²) in [5.41, 5.74) is 0.341. The van der Waals surface area contributed by atoms with Crippen molar-refractivity contribution in [3.63, 3.8) is 0 Å². The molecule has 10 nitrogen and oxygen atoms in total. The number of carbonyl (C=O) groups excluding carboxylic acids is 2. The minimum absolute atomic E-state index is 0.0254. The maximum atomic E-state index is 13.4. The minimum Gasteiger partial charge on any atom is -0.352 e. The van der Waals surface area contributed by atoms with E-state index in [1.54, 1.807) is 31.2 Å². The van der Waals surface area contributed by atoms with Crippen molar-refractivity contribution in [2.75, 3.05) is 17.1 Å². The zero-order valence-electron chi connectivity index (χ0n) is 20.0. The molecule has 2 aromatic rings. The topological polar surface area (TPSA) is 130 Å². The third-order valence-electron chi connectivity index (χ3n) is 5.44. The largest absolute Gasteiger partial charge is 0.352 e. The molecular formula is C23H29ClN4O6S. The molecule has 0 aromatic heterocycles. The lowest BCUT2D eigenvalue weighted by Gasteiger charge is -2.32. The average Bonchev–Trinajstić information content (AvgIpc) is 2.80. The van der Waals surface area contributed by atoms with Crippen molar-refractivity contribution < 1.29 is 22.9 Å². The highest BCUT2D eigenvalue weighted by atomic mass is 35.5. The number of sulfonamides is 1. The number of rotatable bonds is 11. The van der Waals surface area contributed by atoms with Crippen LogP contribution in [0.4, 0.5) is 11.4 Å². The van der Waals surface area contributed by atoms with Crippen LogP contribution in [0.25, 0.3) is 0 Å². The van der Waals surface area contributed by atoms with E-state index in [4.69, 9.17) is 11.6 Å². The van der Waals surface area contributed by atoms with Crippen molar-refractivity contribution in [3.05, 3.63) is 69.2 Å². The number of nitrogens with one attached hydrogen (secondary N) is 1. The zero-order chi connectivity index (χ0) is 26.3. The summed E-state index contributed by atoms with van der Waals surface area (Å²) < 4.78 is 25.9. The predicted molar refractivity (Wildman–Crippen MR) is 135 cm³/mol. The van der Waals surface area contributed by atoms with Crippen molar-refractivity contribution >= 4 is 44.8 Å². The van der Waals surface area contributed by atoms with Crippen molar-refractivity contribution in [1.29, 1.82) is 0 Å². The first kappa shape index (κ1) is 28.1. The van der Waals surface area contributed by atoms with Gasteiger partial charge < -0.3 is 10.2 Å². The number of hydrogen-bond donors (Lipinski definition) is 1. The Bertz CT molecular complexity index is 1170. The van der Waals surface area contributed by atoms with Crippen molar-refractivity contribution in [2.24, 2.45) is 0 Å². The van der Waals surface area contributed by atoms with E-state index in [1.165, 1.54) is 23.1 Å². The average molecular weight is 525 g/mol. The van der Waals surface area contributed by atoms with Gasteiger partial charge in [0.15, 0.2) is 0 Å². The van der Waals surface area contributed by atoms with Gasteiger partial charge in [-0.05, 0) is 44.0 Å². The Labute approximate surface area is 210 Å². The summed E-state index contributed by atoms with van der Waals surface area (Å²) in [4.78, 5) is 38.1. The van der Waals surface area contributed by atoms with Gasteiger partial charge in [0.05, 0.1) is 16.9 Å². The Morgan fingerprint density at radius 3 is 2.31 bits per heavy atom. The first-order valence-electron chi connectivity index (χ1n) is 10.9. The standard InChI is InChI=1S/C23H29ClN4O6S/c1-5-16(2)25-23(30)17(3)26(14-18-9-11-19(24)12-10-18)22(29)15-27(35(4,33)34)20-7-6-8-21(13-20)28(31)32/h6-13,16-17H,5,14-15H2,1-4H3,(H,25,30)/t16-,17-/m1/s1. The number of nitro groups is 1. The zero-order valence-corrected chi connectivity index (χ0v) is 21.5. The molecule has 0 aliphatic carbocycles. The second-order valence-electron chi connectivity index (χ2n) is 8.19. The number of halogens is 1. The van der Waals surface area contributed by atoms with Crippen LogP contribution in [0.15, 0.2) is 48.5 Å². The maximum absolute atomic E-state index is 13.4. The fraction of sp³-hybridized carbons (Fsp3) is 0.391. The molecule has 0 saturated heterocycles. The Balaban J connectivity index is 2.41. The molecule has 0 heterocycles. The van der Waals surface area contributed by atoms with Crippen LogP contribution in [0.1, 0.15) is 32.8 Å². The van der Waals surface area contributed by atoms with E-state index in [2.05, 4.69) is 5.32 Å². The highest BCUT2D eigenvalue weighted by Gasteiger charge is 2.30. The second kappa shape index (κ2) is 12.0. The lowest BCUT2D eigenvalue weighted by Crippen LogP contribution is -2.52. The van der Waals surface area contributed by atoms with E-state index in [0.29, 0.717) is 17.0 Å². The van der Waals surface area contributed by atoms with Crippen LogP contribution in [-0.4, -0.2) is 54.9 Å². The Morgan fingerprint density at radius 1 is 1.14 bits per heavy atom. The SMILES string of the molecule is CC[C@@H](C)NC(=O)[C@@H](C)N(Cc1ccc(Cl)cc1)C(=O)CN(c1cccc([N+](=O)[O-])c1)S(C)(=O)=O. The smallest absolute Gasteiger partial charge is 0.271 e. The molecule has 0 aliphatic heterocycles. The lowest BCUT2D eigenvalue weighted by atomic mass is 10.1. The van der Waals surface area contributed by atoms with Gasteiger partial charge in [-0.3, -0.25) is 24.0 Å². The molecule has 0 fully saturated rings. The third kappa shape index (κ3) is 7.93. The first-order chi connectivity index (χ1) is 16.3. The molecule has 0 saturated carbocycles. The molecule has 35 heavy (non-hydrogen) atoms. The number of nitrogens with zero attached hydrogens (tertiary/aromatic N) is 3. The summed E-state index contributed by atoms with van der Waals surface area (Å²) in [6.07, 6.45) is 1.60. The maximum Gasteiger partial charge on any atom is 0.271 e. The molecule has 2 aromatic carbocycles. The summed E-state index contributed by atoms with van der Waals surface area (Å²) in [6, 6.07) is 10.7. The Kier molecular flexibility index (Phi) is 9.61. The second-order valence-corrected chi connectivity index (χ2v) is 10.5. The highest BCUT2D eigenvalue weighted by molar-refractivity contribution is 7.92. The van der Waals surface area contributed by atoms with Crippen molar-refractivity contribution in [3.8, 4) is 0 Å². The lowest BCUT2D eigenvalue weighted by molar-refractivity contribution is -0.384. The summed E-state index contributed by atoms with van der Waals surface area (Å²) in [7, 11) is -3.99. The molecule has 0 aliphatic rings. The Morgan fingerprint density at radius 2 is 1.77 bits per heavy atom. The number of amides is 2. The summed E-state index contributed by atoms with van der Waals surface area (Å²) in [6.45, 7) is 4.69. The van der Waals surface area contributed by atoms with Crippen LogP contribution >= 0.6 is 11.6 Å². The molecule has 2 atom stereocenters. The fourth-order valence-corrected chi connectivity index (χ4v) is 4.18. The van der Waals surface area contributed by atoms with Gasteiger partial charge in [0, 0.05) is 29.7 Å². The molecule has 190 valence electrons. The number of nitro benzene ring substituents is 1. The van der Waals surface area contributed by atoms with Crippen LogP contribution in [0, 0.1) is 10.1 Å². The van der Waals surface area contributed by atoms with Gasteiger partial charge >= 0.3 is 0 Å².